The van der Waals surface area contributed by atoms with Crippen LogP contribution in [-0.4, -0.2) is 19.6 Å². The van der Waals surface area contributed by atoms with Gasteiger partial charge in [-0.1, -0.05) is 87.0 Å². The first-order valence-electron chi connectivity index (χ1n) is 13.7. The Balaban J connectivity index is 0.00000316. The number of rotatable bonds is 4. The Morgan fingerprint density at radius 1 is 0.786 bits per heavy atom. The van der Waals surface area contributed by atoms with Gasteiger partial charge in [0.2, 0.25) is 5.88 Å². The molecule has 7 rings (SSSR count). The molecular formula is C36H28N3O2Pt-. The van der Waals surface area contributed by atoms with E-state index in [1.807, 2.05) is 72.8 Å². The molecule has 0 aliphatic carbocycles. The van der Waals surface area contributed by atoms with Gasteiger partial charge >= 0.3 is 0 Å². The van der Waals surface area contributed by atoms with Crippen LogP contribution in [0.15, 0.2) is 109 Å². The molecule has 0 unspecified atom stereocenters. The topological polar surface area (TPSA) is 60.2 Å². The molecule has 42 heavy (non-hydrogen) atoms. The van der Waals surface area contributed by atoms with Gasteiger partial charge in [-0.15, -0.1) is 17.5 Å². The molecule has 0 aliphatic heterocycles. The van der Waals surface area contributed by atoms with Crippen LogP contribution in [0.5, 0.6) is 17.4 Å². The van der Waals surface area contributed by atoms with E-state index in [9.17, 15) is 5.11 Å². The van der Waals surface area contributed by atoms with E-state index < -0.39 is 0 Å². The van der Waals surface area contributed by atoms with E-state index in [-0.39, 0.29) is 32.2 Å². The minimum absolute atomic E-state index is 0. The first kappa shape index (κ1) is 27.7. The Hall–Kier alpha value is -4.47. The molecule has 0 aliphatic rings. The van der Waals surface area contributed by atoms with Crippen molar-refractivity contribution in [2.45, 2.75) is 26.2 Å². The van der Waals surface area contributed by atoms with Gasteiger partial charge in [0.1, 0.15) is 17.1 Å². The Bertz CT molecular complexity index is 2060. The predicted octanol–water partition coefficient (Wildman–Crippen LogP) is 8.99. The molecule has 0 fully saturated rings. The molecule has 0 bridgehead atoms. The largest absolute Gasteiger partial charge is 0.506 e. The zero-order chi connectivity index (χ0) is 28.1. The number of aromatic nitrogens is 3. The zero-order valence-electron chi connectivity index (χ0n) is 23.4. The van der Waals surface area contributed by atoms with Gasteiger partial charge in [-0.25, -0.2) is 9.97 Å². The van der Waals surface area contributed by atoms with E-state index >= 15 is 0 Å². The number of hydrogen-bond donors (Lipinski definition) is 1. The molecule has 0 saturated carbocycles. The molecular weight excluding hydrogens is 701 g/mol. The maximum absolute atomic E-state index is 10.7. The first-order chi connectivity index (χ1) is 19.9. The summed E-state index contributed by atoms with van der Waals surface area (Å²) in [4.78, 5) is 9.36. The van der Waals surface area contributed by atoms with Crippen molar-refractivity contribution in [1.29, 1.82) is 0 Å². The monoisotopic (exact) mass is 729 g/mol. The van der Waals surface area contributed by atoms with Crippen LogP contribution in [0, 0.1) is 6.07 Å². The van der Waals surface area contributed by atoms with Gasteiger partial charge in [0.15, 0.2) is 0 Å². The molecule has 0 atom stereocenters. The van der Waals surface area contributed by atoms with E-state index in [2.05, 4.69) is 65.6 Å². The summed E-state index contributed by atoms with van der Waals surface area (Å²) in [5.74, 6) is 1.82. The number of nitrogens with zero attached hydrogens (tertiary/aromatic N) is 3. The second-order valence-corrected chi connectivity index (χ2v) is 11.2. The zero-order valence-corrected chi connectivity index (χ0v) is 25.7. The molecule has 0 saturated heterocycles. The number of pyridine rings is 2. The van der Waals surface area contributed by atoms with Gasteiger partial charge in [0, 0.05) is 50.0 Å². The second-order valence-electron chi connectivity index (χ2n) is 11.2. The van der Waals surface area contributed by atoms with Gasteiger partial charge < -0.3 is 14.4 Å². The molecule has 3 aromatic heterocycles. The van der Waals surface area contributed by atoms with Crippen LogP contribution in [-0.2, 0) is 26.5 Å². The molecule has 210 valence electrons. The fraction of sp³-hybridized carbons (Fsp3) is 0.111. The molecule has 0 radical (unpaired) electrons. The minimum atomic E-state index is 0. The maximum atomic E-state index is 10.7. The molecule has 5 nitrogen and oxygen atoms in total. The molecule has 1 N–H and O–H groups in total. The summed E-state index contributed by atoms with van der Waals surface area (Å²) >= 11 is 0. The van der Waals surface area contributed by atoms with Crippen LogP contribution in [0.4, 0.5) is 0 Å². The SMILES string of the molecule is CC(C)(C)c1ccc2c3ccc(Oc4cc(-c5ccccc5)c5cccc(O)c5n4)[c-]c3n(-c3ccccn3)c2c1.[Pt]. The van der Waals surface area contributed by atoms with Crippen LogP contribution in [0.25, 0.3) is 49.7 Å². The van der Waals surface area contributed by atoms with Gasteiger partial charge in [-0.2, -0.15) is 6.07 Å². The quantitative estimate of drug-likeness (QED) is 0.184. The Morgan fingerprint density at radius 3 is 2.33 bits per heavy atom. The van der Waals surface area contributed by atoms with E-state index in [0.717, 1.165) is 44.1 Å². The Kier molecular flexibility index (Phi) is 7.08. The number of phenols is 1. The summed E-state index contributed by atoms with van der Waals surface area (Å²) in [7, 11) is 0. The average Bonchev–Trinajstić information content (AvgIpc) is 3.30. The molecule has 6 heteroatoms. The third-order valence-electron chi connectivity index (χ3n) is 7.49. The van der Waals surface area contributed by atoms with Crippen molar-refractivity contribution in [3.63, 3.8) is 0 Å². The molecule has 0 amide bonds. The number of phenolic OH excluding ortho intramolecular Hbond substituents is 1. The van der Waals surface area contributed by atoms with Gasteiger partial charge in [-0.3, -0.25) is 0 Å². The summed E-state index contributed by atoms with van der Waals surface area (Å²) in [6.45, 7) is 6.66. The molecule has 3 heterocycles. The third-order valence-corrected chi connectivity index (χ3v) is 7.49. The number of para-hydroxylation sites is 1. The summed E-state index contributed by atoms with van der Waals surface area (Å²) in [5.41, 5.74) is 5.62. The normalized spacial score (nSPS) is 11.6. The predicted molar refractivity (Wildman–Crippen MR) is 165 cm³/mol. The van der Waals surface area contributed by atoms with E-state index in [1.54, 1.807) is 12.3 Å². The third kappa shape index (κ3) is 4.84. The van der Waals surface area contributed by atoms with E-state index in [1.165, 1.54) is 5.56 Å². The fourth-order valence-electron chi connectivity index (χ4n) is 5.40. The summed E-state index contributed by atoms with van der Waals surface area (Å²) in [6.07, 6.45) is 1.80. The molecule has 0 spiro atoms. The van der Waals surface area contributed by atoms with Crippen LogP contribution >= 0.6 is 0 Å². The van der Waals surface area contributed by atoms with Crippen molar-refractivity contribution in [1.82, 2.24) is 14.5 Å². The number of fused-ring (bicyclic) bond motifs is 4. The van der Waals surface area contributed by atoms with Gasteiger partial charge in [-0.05, 0) is 51.8 Å². The Labute approximate surface area is 258 Å². The van der Waals surface area contributed by atoms with Crippen LogP contribution in [0.3, 0.4) is 0 Å². The number of aromatic hydroxyl groups is 1. The standard InChI is InChI=1S/C36H28N3O2.Pt/c1-36(2,3)24-15-17-26-27-18-16-25(21-31(27)39(30(26)20-24)33-14-7-8-19-37-33)41-34-22-29(23-10-5-4-6-11-23)28-12-9-13-32(40)35(28)38-34;/h4-20,22,40H,1-3H3;/q-1;. The van der Waals surface area contributed by atoms with Crippen LogP contribution in [0.2, 0.25) is 0 Å². The van der Waals surface area contributed by atoms with Crippen LogP contribution < -0.4 is 4.74 Å². The maximum Gasteiger partial charge on any atom is 0.217 e. The second kappa shape index (κ2) is 10.7. The molecule has 7 aromatic rings. The smallest absolute Gasteiger partial charge is 0.217 e. The average molecular weight is 730 g/mol. The van der Waals surface area contributed by atoms with Crippen LogP contribution in [0.1, 0.15) is 26.3 Å². The van der Waals surface area contributed by atoms with Crippen molar-refractivity contribution in [3.05, 3.63) is 121 Å². The minimum Gasteiger partial charge on any atom is -0.506 e. The van der Waals surface area contributed by atoms with Gasteiger partial charge in [0.05, 0.1) is 0 Å². The first-order valence-corrected chi connectivity index (χ1v) is 13.7. The fourth-order valence-corrected chi connectivity index (χ4v) is 5.40. The summed E-state index contributed by atoms with van der Waals surface area (Å²) in [5, 5.41) is 13.7. The summed E-state index contributed by atoms with van der Waals surface area (Å²) in [6, 6.07) is 37.4. The van der Waals surface area contributed by atoms with Crippen molar-refractivity contribution in [2.75, 3.05) is 0 Å². The van der Waals surface area contributed by atoms with Gasteiger partial charge in [0.25, 0.3) is 0 Å². The summed E-state index contributed by atoms with van der Waals surface area (Å²) < 4.78 is 8.51. The van der Waals surface area contributed by atoms with E-state index in [4.69, 9.17) is 4.74 Å². The van der Waals surface area contributed by atoms with Crippen molar-refractivity contribution in [2.24, 2.45) is 0 Å². The number of hydrogen-bond acceptors (Lipinski definition) is 4. The van der Waals surface area contributed by atoms with Crippen molar-refractivity contribution in [3.8, 4) is 34.3 Å². The number of benzene rings is 4. The van der Waals surface area contributed by atoms with E-state index in [0.29, 0.717) is 17.1 Å². The van der Waals surface area contributed by atoms with Crippen molar-refractivity contribution < 1.29 is 30.9 Å². The molecule has 4 aromatic carbocycles. The number of ether oxygens (including phenoxy) is 1. The van der Waals surface area contributed by atoms with Crippen molar-refractivity contribution >= 4 is 32.7 Å². The Morgan fingerprint density at radius 2 is 1.57 bits per heavy atom.